The molecule has 2 saturated heterocycles. The van der Waals surface area contributed by atoms with Gasteiger partial charge in [0.15, 0.2) is 0 Å². The molecule has 0 bridgehead atoms. The summed E-state index contributed by atoms with van der Waals surface area (Å²) in [4.78, 5) is 14.8. The molecule has 1 N–H and O–H groups in total. The molecule has 0 atom stereocenters. The van der Waals surface area contributed by atoms with E-state index in [2.05, 4.69) is 12.2 Å². The normalized spacial score (nSPS) is 24.1. The summed E-state index contributed by atoms with van der Waals surface area (Å²) in [6.45, 7) is 6.73. The molecule has 0 radical (unpaired) electrons. The lowest BCUT2D eigenvalue weighted by Crippen LogP contribution is -2.49. The van der Waals surface area contributed by atoms with Crippen molar-refractivity contribution in [3.63, 3.8) is 0 Å². The van der Waals surface area contributed by atoms with Crippen molar-refractivity contribution in [2.75, 3.05) is 39.9 Å². The summed E-state index contributed by atoms with van der Waals surface area (Å²) in [6, 6.07) is 0. The van der Waals surface area contributed by atoms with E-state index >= 15 is 0 Å². The van der Waals surface area contributed by atoms with E-state index in [1.54, 1.807) is 0 Å². The van der Waals surface area contributed by atoms with Gasteiger partial charge in [-0.1, -0.05) is 6.92 Å². The Balaban J connectivity index is 1.92. The quantitative estimate of drug-likeness (QED) is 0.843. The van der Waals surface area contributed by atoms with Crippen LogP contribution >= 0.6 is 0 Å². The summed E-state index contributed by atoms with van der Waals surface area (Å²) in [6.07, 6.45) is 5.13. The minimum absolute atomic E-state index is 0.106. The fraction of sp³-hybridized carbons (Fsp3) is 0.933. The van der Waals surface area contributed by atoms with Crippen LogP contribution in [0.5, 0.6) is 0 Å². The second-order valence-electron chi connectivity index (χ2n) is 6.13. The van der Waals surface area contributed by atoms with Gasteiger partial charge in [0.05, 0.1) is 5.41 Å². The van der Waals surface area contributed by atoms with Crippen molar-refractivity contribution in [1.82, 2.24) is 10.2 Å². The SMILES string of the molecule is CCC1(C(=O)N(C)CC2CCOCC2)CCNCC1. The maximum atomic E-state index is 12.8. The van der Waals surface area contributed by atoms with E-state index in [0.717, 1.165) is 65.0 Å². The van der Waals surface area contributed by atoms with Crippen LogP contribution in [0.25, 0.3) is 0 Å². The molecule has 19 heavy (non-hydrogen) atoms. The minimum atomic E-state index is -0.106. The molecule has 0 spiro atoms. The number of rotatable bonds is 4. The zero-order valence-electron chi connectivity index (χ0n) is 12.4. The van der Waals surface area contributed by atoms with Crippen molar-refractivity contribution < 1.29 is 9.53 Å². The Hall–Kier alpha value is -0.610. The van der Waals surface area contributed by atoms with E-state index in [0.29, 0.717) is 11.8 Å². The van der Waals surface area contributed by atoms with E-state index in [9.17, 15) is 4.79 Å². The maximum absolute atomic E-state index is 12.8. The summed E-state index contributed by atoms with van der Waals surface area (Å²) in [7, 11) is 1.98. The average Bonchev–Trinajstić information content (AvgIpc) is 2.48. The predicted molar refractivity (Wildman–Crippen MR) is 76.0 cm³/mol. The first-order valence-corrected chi connectivity index (χ1v) is 7.72. The third-order valence-corrected chi connectivity index (χ3v) is 4.91. The Bertz CT molecular complexity index is 295. The number of nitrogens with one attached hydrogen (secondary N) is 1. The van der Waals surface area contributed by atoms with Gasteiger partial charge in [0, 0.05) is 26.8 Å². The molecule has 2 aliphatic rings. The summed E-state index contributed by atoms with van der Waals surface area (Å²) < 4.78 is 5.39. The van der Waals surface area contributed by atoms with Crippen molar-refractivity contribution in [3.05, 3.63) is 0 Å². The topological polar surface area (TPSA) is 41.6 Å². The highest BCUT2D eigenvalue weighted by Crippen LogP contribution is 2.34. The molecular weight excluding hydrogens is 240 g/mol. The first-order chi connectivity index (χ1) is 9.18. The Morgan fingerprint density at radius 1 is 1.32 bits per heavy atom. The number of amides is 1. The average molecular weight is 268 g/mol. The fourth-order valence-corrected chi connectivity index (χ4v) is 3.43. The molecule has 0 aromatic heterocycles. The van der Waals surface area contributed by atoms with Crippen molar-refractivity contribution in [1.29, 1.82) is 0 Å². The first-order valence-electron chi connectivity index (χ1n) is 7.72. The molecule has 2 aliphatic heterocycles. The Morgan fingerprint density at radius 3 is 2.53 bits per heavy atom. The van der Waals surface area contributed by atoms with Crippen molar-refractivity contribution in [2.45, 2.75) is 39.0 Å². The number of ether oxygens (including phenoxy) is 1. The largest absolute Gasteiger partial charge is 0.381 e. The van der Waals surface area contributed by atoms with Crippen LogP contribution in [0, 0.1) is 11.3 Å². The van der Waals surface area contributed by atoms with Crippen LogP contribution in [-0.2, 0) is 9.53 Å². The Morgan fingerprint density at radius 2 is 1.95 bits per heavy atom. The number of hydrogen-bond donors (Lipinski definition) is 1. The smallest absolute Gasteiger partial charge is 0.228 e. The van der Waals surface area contributed by atoms with Gasteiger partial charge >= 0.3 is 0 Å². The highest BCUT2D eigenvalue weighted by Gasteiger charge is 2.39. The number of carbonyl (C=O) groups excluding carboxylic acids is 1. The number of piperidine rings is 1. The van der Waals surface area contributed by atoms with Crippen LogP contribution in [0.3, 0.4) is 0 Å². The standard InChI is InChI=1S/C15H28N2O2/c1-3-15(6-8-16-9-7-15)14(18)17(2)12-13-4-10-19-11-5-13/h13,16H,3-12H2,1-2H3. The number of hydrogen-bond acceptors (Lipinski definition) is 3. The second kappa shape index (κ2) is 6.71. The van der Waals surface area contributed by atoms with Crippen LogP contribution in [0.4, 0.5) is 0 Å². The molecule has 4 nitrogen and oxygen atoms in total. The van der Waals surface area contributed by atoms with E-state index in [-0.39, 0.29) is 5.41 Å². The van der Waals surface area contributed by atoms with Crippen LogP contribution in [-0.4, -0.2) is 50.7 Å². The van der Waals surface area contributed by atoms with Gasteiger partial charge in [-0.25, -0.2) is 0 Å². The molecule has 0 aromatic carbocycles. The van der Waals surface area contributed by atoms with Crippen molar-refractivity contribution in [2.24, 2.45) is 11.3 Å². The third kappa shape index (κ3) is 3.48. The highest BCUT2D eigenvalue weighted by molar-refractivity contribution is 5.82. The molecule has 0 saturated carbocycles. The fourth-order valence-electron chi connectivity index (χ4n) is 3.43. The minimum Gasteiger partial charge on any atom is -0.381 e. The van der Waals surface area contributed by atoms with Crippen LogP contribution < -0.4 is 5.32 Å². The Kier molecular flexibility index (Phi) is 5.22. The summed E-state index contributed by atoms with van der Waals surface area (Å²) in [5.41, 5.74) is -0.106. The third-order valence-electron chi connectivity index (χ3n) is 4.91. The van der Waals surface area contributed by atoms with Gasteiger partial charge in [-0.3, -0.25) is 4.79 Å². The van der Waals surface area contributed by atoms with Crippen LogP contribution in [0.1, 0.15) is 39.0 Å². The molecule has 0 aliphatic carbocycles. The van der Waals surface area contributed by atoms with Crippen LogP contribution in [0.15, 0.2) is 0 Å². The van der Waals surface area contributed by atoms with Gasteiger partial charge in [-0.15, -0.1) is 0 Å². The van der Waals surface area contributed by atoms with E-state index in [4.69, 9.17) is 4.74 Å². The van der Waals surface area contributed by atoms with E-state index < -0.39 is 0 Å². The summed E-state index contributed by atoms with van der Waals surface area (Å²) in [5, 5.41) is 3.36. The maximum Gasteiger partial charge on any atom is 0.228 e. The Labute approximate surface area is 116 Å². The van der Waals surface area contributed by atoms with Crippen molar-refractivity contribution in [3.8, 4) is 0 Å². The molecule has 0 aromatic rings. The summed E-state index contributed by atoms with van der Waals surface area (Å²) in [5.74, 6) is 0.987. The highest BCUT2D eigenvalue weighted by atomic mass is 16.5. The zero-order valence-corrected chi connectivity index (χ0v) is 12.4. The second-order valence-corrected chi connectivity index (χ2v) is 6.13. The van der Waals surface area contributed by atoms with Gasteiger partial charge in [0.25, 0.3) is 0 Å². The molecule has 4 heteroatoms. The monoisotopic (exact) mass is 268 g/mol. The molecule has 1 amide bonds. The molecule has 0 unspecified atom stereocenters. The predicted octanol–water partition coefficient (Wildman–Crippen LogP) is 1.65. The molecular formula is C15H28N2O2. The number of nitrogens with zero attached hydrogens (tertiary/aromatic N) is 1. The lowest BCUT2D eigenvalue weighted by molar-refractivity contribution is -0.143. The number of carbonyl (C=O) groups is 1. The van der Waals surface area contributed by atoms with Crippen molar-refractivity contribution >= 4 is 5.91 Å². The lowest BCUT2D eigenvalue weighted by Gasteiger charge is -2.39. The molecule has 110 valence electrons. The summed E-state index contributed by atoms with van der Waals surface area (Å²) >= 11 is 0. The van der Waals surface area contributed by atoms with Crippen LogP contribution in [0.2, 0.25) is 0 Å². The van der Waals surface area contributed by atoms with Gasteiger partial charge in [-0.05, 0) is 51.1 Å². The first kappa shape index (κ1) is 14.8. The van der Waals surface area contributed by atoms with Gasteiger partial charge < -0.3 is 15.0 Å². The molecule has 2 heterocycles. The van der Waals surface area contributed by atoms with E-state index in [1.165, 1.54) is 0 Å². The molecule has 2 rings (SSSR count). The van der Waals surface area contributed by atoms with E-state index in [1.807, 2.05) is 11.9 Å². The van der Waals surface area contributed by atoms with Gasteiger partial charge in [0.2, 0.25) is 5.91 Å². The van der Waals surface area contributed by atoms with Gasteiger partial charge in [-0.2, -0.15) is 0 Å². The molecule has 2 fully saturated rings. The van der Waals surface area contributed by atoms with Gasteiger partial charge in [0.1, 0.15) is 0 Å². The zero-order chi connectivity index (χ0) is 13.7. The lowest BCUT2D eigenvalue weighted by atomic mass is 9.75.